The van der Waals surface area contributed by atoms with E-state index < -0.39 is 0 Å². The zero-order valence-corrected chi connectivity index (χ0v) is 14.0. The van der Waals surface area contributed by atoms with Crippen molar-refractivity contribution in [3.63, 3.8) is 0 Å². The van der Waals surface area contributed by atoms with Crippen LogP contribution in [-0.4, -0.2) is 44.2 Å². The van der Waals surface area contributed by atoms with E-state index in [4.69, 9.17) is 15.2 Å². The normalized spacial score (nSPS) is 18.7. The minimum atomic E-state index is -0.199. The molecule has 2 N–H and O–H groups in total. The lowest BCUT2D eigenvalue weighted by molar-refractivity contribution is -0.134. The number of carbonyl (C=O) groups is 1. The molecule has 1 aromatic carbocycles. The average molecular weight is 329 g/mol. The van der Waals surface area contributed by atoms with Gasteiger partial charge in [-0.2, -0.15) is 0 Å². The van der Waals surface area contributed by atoms with E-state index in [2.05, 4.69) is 0 Å². The first kappa shape index (κ1) is 18.7. The Hall–Kier alpha value is -1.30. The number of rotatable bonds is 6. The molecule has 124 valence electrons. The maximum absolute atomic E-state index is 12.4. The molecular weight excluding hydrogens is 304 g/mol. The zero-order valence-electron chi connectivity index (χ0n) is 13.2. The van der Waals surface area contributed by atoms with Gasteiger partial charge in [-0.25, -0.2) is 0 Å². The van der Waals surface area contributed by atoms with Gasteiger partial charge in [0.05, 0.1) is 25.7 Å². The van der Waals surface area contributed by atoms with Crippen LogP contribution in [0.4, 0.5) is 0 Å². The fourth-order valence-electron chi connectivity index (χ4n) is 2.81. The van der Waals surface area contributed by atoms with Crippen molar-refractivity contribution in [3.05, 3.63) is 29.8 Å². The quantitative estimate of drug-likeness (QED) is 0.869. The molecule has 2 rings (SSSR count). The second kappa shape index (κ2) is 8.98. The lowest BCUT2D eigenvalue weighted by atomic mass is 10.0. The number of likely N-dealkylation sites (tertiary alicyclic amines) is 1. The van der Waals surface area contributed by atoms with Crippen molar-refractivity contribution in [2.24, 2.45) is 5.73 Å². The van der Waals surface area contributed by atoms with E-state index in [1.54, 1.807) is 14.2 Å². The highest BCUT2D eigenvalue weighted by Gasteiger charge is 2.30. The van der Waals surface area contributed by atoms with Gasteiger partial charge in [-0.3, -0.25) is 4.79 Å². The Morgan fingerprint density at radius 2 is 2.05 bits per heavy atom. The maximum atomic E-state index is 12.4. The standard InChI is InChI=1S/C16H24N2O3.ClH/c1-20-13-7-5-12(6-8-13)15-4-3-9-18(15)16(19)10-14(11-17)21-2;/h5-8,14-15H,3-4,9-11,17H2,1-2H3;1H. The number of halogens is 1. The molecule has 1 amide bonds. The van der Waals surface area contributed by atoms with Crippen molar-refractivity contribution in [3.8, 4) is 5.75 Å². The van der Waals surface area contributed by atoms with Crippen LogP contribution in [0.25, 0.3) is 0 Å². The Morgan fingerprint density at radius 3 is 2.59 bits per heavy atom. The van der Waals surface area contributed by atoms with Gasteiger partial charge in [0, 0.05) is 20.2 Å². The van der Waals surface area contributed by atoms with Gasteiger partial charge in [-0.1, -0.05) is 12.1 Å². The van der Waals surface area contributed by atoms with Crippen LogP contribution in [0.15, 0.2) is 24.3 Å². The van der Waals surface area contributed by atoms with Crippen LogP contribution < -0.4 is 10.5 Å². The number of hydrogen-bond acceptors (Lipinski definition) is 4. The topological polar surface area (TPSA) is 64.8 Å². The van der Waals surface area contributed by atoms with Gasteiger partial charge < -0.3 is 20.1 Å². The first-order valence-electron chi connectivity index (χ1n) is 7.36. The number of nitrogens with two attached hydrogens (primary N) is 1. The van der Waals surface area contributed by atoms with Crippen LogP contribution in [0.3, 0.4) is 0 Å². The summed E-state index contributed by atoms with van der Waals surface area (Å²) in [7, 11) is 3.24. The molecule has 1 aliphatic rings. The lowest BCUT2D eigenvalue weighted by Crippen LogP contribution is -2.35. The van der Waals surface area contributed by atoms with Gasteiger partial charge in [0.25, 0.3) is 0 Å². The fraction of sp³-hybridized carbons (Fsp3) is 0.562. The van der Waals surface area contributed by atoms with Crippen molar-refractivity contribution in [2.75, 3.05) is 27.3 Å². The predicted octanol–water partition coefficient (Wildman–Crippen LogP) is 2.14. The third-order valence-electron chi connectivity index (χ3n) is 4.07. The minimum absolute atomic E-state index is 0. The monoisotopic (exact) mass is 328 g/mol. The highest BCUT2D eigenvalue weighted by molar-refractivity contribution is 5.85. The predicted molar refractivity (Wildman–Crippen MR) is 88.4 cm³/mol. The summed E-state index contributed by atoms with van der Waals surface area (Å²) in [6, 6.07) is 8.10. The SMILES string of the molecule is COc1ccc(C2CCCN2C(=O)CC(CN)OC)cc1.Cl. The fourth-order valence-corrected chi connectivity index (χ4v) is 2.81. The molecule has 0 spiro atoms. The summed E-state index contributed by atoms with van der Waals surface area (Å²) in [5.41, 5.74) is 6.75. The lowest BCUT2D eigenvalue weighted by Gasteiger charge is -2.26. The molecule has 0 aromatic heterocycles. The van der Waals surface area contributed by atoms with Gasteiger partial charge in [-0.15, -0.1) is 12.4 Å². The number of methoxy groups -OCH3 is 2. The van der Waals surface area contributed by atoms with Gasteiger partial charge >= 0.3 is 0 Å². The highest BCUT2D eigenvalue weighted by Crippen LogP contribution is 2.33. The molecule has 2 atom stereocenters. The number of nitrogens with zero attached hydrogens (tertiary/aromatic N) is 1. The van der Waals surface area contributed by atoms with E-state index in [1.807, 2.05) is 29.2 Å². The third kappa shape index (κ3) is 4.35. The number of benzene rings is 1. The Kier molecular flexibility index (Phi) is 7.65. The Morgan fingerprint density at radius 1 is 1.36 bits per heavy atom. The summed E-state index contributed by atoms with van der Waals surface area (Å²) in [5, 5.41) is 0. The van der Waals surface area contributed by atoms with Gasteiger partial charge in [0.1, 0.15) is 5.75 Å². The van der Waals surface area contributed by atoms with Gasteiger partial charge in [0.15, 0.2) is 0 Å². The summed E-state index contributed by atoms with van der Waals surface area (Å²) in [4.78, 5) is 14.4. The Bertz CT molecular complexity index is 463. The van der Waals surface area contributed by atoms with E-state index in [0.717, 1.165) is 30.7 Å². The van der Waals surface area contributed by atoms with E-state index in [1.165, 1.54) is 0 Å². The number of ether oxygens (including phenoxy) is 2. The molecule has 2 unspecified atom stereocenters. The molecule has 1 fully saturated rings. The van der Waals surface area contributed by atoms with Crippen molar-refractivity contribution < 1.29 is 14.3 Å². The highest BCUT2D eigenvalue weighted by atomic mass is 35.5. The molecule has 0 bridgehead atoms. The summed E-state index contributed by atoms with van der Waals surface area (Å²) in [5.74, 6) is 0.947. The molecule has 6 heteroatoms. The third-order valence-corrected chi connectivity index (χ3v) is 4.07. The van der Waals surface area contributed by atoms with Crippen LogP contribution >= 0.6 is 12.4 Å². The van der Waals surface area contributed by atoms with E-state index >= 15 is 0 Å². The maximum Gasteiger partial charge on any atom is 0.225 e. The average Bonchev–Trinajstić information content (AvgIpc) is 3.02. The summed E-state index contributed by atoms with van der Waals surface area (Å²) in [6.07, 6.45) is 2.18. The second-order valence-electron chi connectivity index (χ2n) is 5.32. The zero-order chi connectivity index (χ0) is 15.2. The van der Waals surface area contributed by atoms with Crippen molar-refractivity contribution >= 4 is 18.3 Å². The molecule has 22 heavy (non-hydrogen) atoms. The molecular formula is C16H25ClN2O3. The summed E-state index contributed by atoms with van der Waals surface area (Å²) >= 11 is 0. The molecule has 1 aromatic rings. The second-order valence-corrected chi connectivity index (χ2v) is 5.32. The van der Waals surface area contributed by atoms with Crippen LogP contribution in [0.2, 0.25) is 0 Å². The summed E-state index contributed by atoms with van der Waals surface area (Å²) < 4.78 is 10.4. The molecule has 1 heterocycles. The number of hydrogen-bond donors (Lipinski definition) is 1. The summed E-state index contributed by atoms with van der Waals surface area (Å²) in [6.45, 7) is 1.17. The molecule has 1 aliphatic heterocycles. The minimum Gasteiger partial charge on any atom is -0.497 e. The smallest absolute Gasteiger partial charge is 0.225 e. The van der Waals surface area contributed by atoms with Crippen LogP contribution in [0, 0.1) is 0 Å². The van der Waals surface area contributed by atoms with Gasteiger partial charge in [-0.05, 0) is 30.5 Å². The first-order chi connectivity index (χ1) is 10.2. The van der Waals surface area contributed by atoms with E-state index in [0.29, 0.717) is 13.0 Å². The van der Waals surface area contributed by atoms with Crippen LogP contribution in [-0.2, 0) is 9.53 Å². The van der Waals surface area contributed by atoms with Gasteiger partial charge in [0.2, 0.25) is 5.91 Å². The molecule has 1 saturated heterocycles. The Balaban J connectivity index is 0.00000242. The van der Waals surface area contributed by atoms with Crippen molar-refractivity contribution in [1.82, 2.24) is 4.90 Å². The molecule has 0 saturated carbocycles. The van der Waals surface area contributed by atoms with Crippen molar-refractivity contribution in [2.45, 2.75) is 31.4 Å². The Labute approximate surface area is 138 Å². The molecule has 0 radical (unpaired) electrons. The van der Waals surface area contributed by atoms with E-state index in [-0.39, 0.29) is 30.5 Å². The molecule has 0 aliphatic carbocycles. The van der Waals surface area contributed by atoms with E-state index in [9.17, 15) is 4.79 Å². The number of amides is 1. The number of carbonyl (C=O) groups excluding carboxylic acids is 1. The largest absolute Gasteiger partial charge is 0.497 e. The van der Waals surface area contributed by atoms with Crippen LogP contribution in [0.5, 0.6) is 5.75 Å². The van der Waals surface area contributed by atoms with Crippen LogP contribution in [0.1, 0.15) is 30.9 Å². The van der Waals surface area contributed by atoms with Crippen molar-refractivity contribution in [1.29, 1.82) is 0 Å². The molecule has 5 nitrogen and oxygen atoms in total. The first-order valence-corrected chi connectivity index (χ1v) is 7.36.